The number of benzene rings is 1. The summed E-state index contributed by atoms with van der Waals surface area (Å²) in [6, 6.07) is 5.42. The van der Waals surface area contributed by atoms with E-state index in [4.69, 9.17) is 9.47 Å². The normalized spacial score (nSPS) is 17.1. The molecule has 0 fully saturated rings. The van der Waals surface area contributed by atoms with Crippen LogP contribution in [0.4, 0.5) is 5.69 Å². The summed E-state index contributed by atoms with van der Waals surface area (Å²) in [5.74, 6) is 1.18. The fourth-order valence-electron chi connectivity index (χ4n) is 2.36. The molecule has 0 bridgehead atoms. The van der Waals surface area contributed by atoms with Crippen molar-refractivity contribution in [3.05, 3.63) is 30.1 Å². The number of anilines is 1. The number of hydrogen-bond donors (Lipinski definition) is 0. The minimum atomic E-state index is -0.160. The van der Waals surface area contributed by atoms with Crippen molar-refractivity contribution in [3.63, 3.8) is 0 Å². The maximum Gasteiger partial charge on any atom is 0.278 e. The summed E-state index contributed by atoms with van der Waals surface area (Å²) in [7, 11) is 3.28. The predicted molar refractivity (Wildman–Crippen MR) is 75.8 cm³/mol. The molecular formula is C14H16N4O3. The molecule has 2 heterocycles. The molecule has 0 N–H and O–H groups in total. The molecule has 0 spiro atoms. The number of amides is 1. The van der Waals surface area contributed by atoms with Gasteiger partial charge in [-0.2, -0.15) is 0 Å². The number of carbonyl (C=O) groups is 1. The van der Waals surface area contributed by atoms with Gasteiger partial charge in [0.15, 0.2) is 0 Å². The van der Waals surface area contributed by atoms with Crippen molar-refractivity contribution in [2.45, 2.75) is 13.0 Å². The predicted octanol–water partition coefficient (Wildman–Crippen LogP) is 1.25. The second-order valence-electron chi connectivity index (χ2n) is 4.92. The molecule has 110 valence electrons. The zero-order valence-electron chi connectivity index (χ0n) is 12.1. The summed E-state index contributed by atoms with van der Waals surface area (Å²) in [4.78, 5) is 14.4. The lowest BCUT2D eigenvalue weighted by Crippen LogP contribution is -2.43. The van der Waals surface area contributed by atoms with E-state index in [1.54, 1.807) is 25.1 Å². The van der Waals surface area contributed by atoms with Crippen LogP contribution in [-0.4, -0.2) is 40.7 Å². The first-order valence-electron chi connectivity index (χ1n) is 6.61. The molecule has 1 aromatic heterocycles. The highest BCUT2D eigenvalue weighted by Gasteiger charge is 2.30. The van der Waals surface area contributed by atoms with E-state index in [1.807, 2.05) is 19.1 Å². The van der Waals surface area contributed by atoms with Crippen LogP contribution in [0.15, 0.2) is 24.4 Å². The van der Waals surface area contributed by atoms with Crippen LogP contribution in [0.2, 0.25) is 0 Å². The van der Waals surface area contributed by atoms with Gasteiger partial charge in [-0.1, -0.05) is 5.21 Å². The Kier molecular flexibility index (Phi) is 3.25. The number of aryl methyl sites for hydroxylation is 1. The van der Waals surface area contributed by atoms with E-state index in [0.717, 1.165) is 0 Å². The summed E-state index contributed by atoms with van der Waals surface area (Å²) < 4.78 is 12.5. The molecule has 1 unspecified atom stereocenters. The highest BCUT2D eigenvalue weighted by atomic mass is 16.5. The molecule has 1 amide bonds. The lowest BCUT2D eigenvalue weighted by Gasteiger charge is -2.33. The van der Waals surface area contributed by atoms with Gasteiger partial charge in [0.1, 0.15) is 23.3 Å². The topological polar surface area (TPSA) is 69.5 Å². The third kappa shape index (κ3) is 2.31. The monoisotopic (exact) mass is 288 g/mol. The molecule has 7 nitrogen and oxygen atoms in total. The quantitative estimate of drug-likeness (QED) is 0.832. The van der Waals surface area contributed by atoms with Crippen LogP contribution in [0, 0.1) is 0 Å². The molecule has 0 saturated carbocycles. The number of rotatable bonds is 2. The molecule has 1 aliphatic heterocycles. The van der Waals surface area contributed by atoms with Crippen molar-refractivity contribution >= 4 is 11.6 Å². The smallest absolute Gasteiger partial charge is 0.278 e. The van der Waals surface area contributed by atoms with Crippen molar-refractivity contribution in [3.8, 4) is 11.5 Å². The van der Waals surface area contributed by atoms with E-state index in [2.05, 4.69) is 10.3 Å². The molecule has 0 saturated heterocycles. The number of nitrogens with zero attached hydrogens (tertiary/aromatic N) is 4. The van der Waals surface area contributed by atoms with Gasteiger partial charge >= 0.3 is 0 Å². The van der Waals surface area contributed by atoms with Gasteiger partial charge in [-0.25, -0.2) is 4.68 Å². The minimum Gasteiger partial charge on any atom is -0.497 e. The minimum absolute atomic E-state index is 0.0870. The summed E-state index contributed by atoms with van der Waals surface area (Å²) in [6.07, 6.45) is 1.37. The van der Waals surface area contributed by atoms with Crippen molar-refractivity contribution in [1.29, 1.82) is 0 Å². The van der Waals surface area contributed by atoms with Crippen LogP contribution in [0.5, 0.6) is 11.5 Å². The fraction of sp³-hybridized carbons (Fsp3) is 0.357. The van der Waals surface area contributed by atoms with Gasteiger partial charge < -0.3 is 9.47 Å². The largest absolute Gasteiger partial charge is 0.497 e. The Morgan fingerprint density at radius 1 is 1.48 bits per heavy atom. The molecule has 2 aromatic rings. The van der Waals surface area contributed by atoms with Crippen molar-refractivity contribution < 1.29 is 14.3 Å². The SMILES string of the molecule is COc1ccc2c(c1)N(C(=O)c1cnnn1C)CC(C)O2. The maximum absolute atomic E-state index is 12.7. The van der Waals surface area contributed by atoms with Crippen molar-refractivity contribution in [1.82, 2.24) is 15.0 Å². The third-order valence-corrected chi connectivity index (χ3v) is 3.40. The Hall–Kier alpha value is -2.57. The van der Waals surface area contributed by atoms with Gasteiger partial charge in [0.05, 0.1) is 25.5 Å². The van der Waals surface area contributed by atoms with Crippen LogP contribution in [0.25, 0.3) is 0 Å². The number of aromatic nitrogens is 3. The number of hydrogen-bond acceptors (Lipinski definition) is 5. The van der Waals surface area contributed by atoms with Gasteiger partial charge in [0.2, 0.25) is 0 Å². The van der Waals surface area contributed by atoms with Crippen LogP contribution >= 0.6 is 0 Å². The first-order valence-corrected chi connectivity index (χ1v) is 6.61. The van der Waals surface area contributed by atoms with Crippen LogP contribution in [0.3, 0.4) is 0 Å². The molecular weight excluding hydrogens is 272 g/mol. The van der Waals surface area contributed by atoms with E-state index in [-0.39, 0.29) is 12.0 Å². The highest BCUT2D eigenvalue weighted by Crippen LogP contribution is 2.37. The average Bonchev–Trinajstić information content (AvgIpc) is 2.91. The fourth-order valence-corrected chi connectivity index (χ4v) is 2.36. The molecule has 0 aliphatic carbocycles. The van der Waals surface area contributed by atoms with Crippen LogP contribution in [0.1, 0.15) is 17.4 Å². The van der Waals surface area contributed by atoms with Crippen molar-refractivity contribution in [2.75, 3.05) is 18.6 Å². The van der Waals surface area contributed by atoms with E-state index >= 15 is 0 Å². The van der Waals surface area contributed by atoms with Gasteiger partial charge in [-0.3, -0.25) is 9.69 Å². The Labute approximate surface area is 122 Å². The molecule has 0 radical (unpaired) electrons. The first-order chi connectivity index (χ1) is 10.1. The molecule has 3 rings (SSSR count). The lowest BCUT2D eigenvalue weighted by molar-refractivity contribution is 0.0952. The Morgan fingerprint density at radius 3 is 2.95 bits per heavy atom. The summed E-state index contributed by atoms with van der Waals surface area (Å²) >= 11 is 0. The summed E-state index contributed by atoms with van der Waals surface area (Å²) in [5, 5.41) is 7.56. The zero-order valence-corrected chi connectivity index (χ0v) is 12.1. The standard InChI is InChI=1S/C14H16N4O3/c1-9-8-18(14(19)12-7-15-16-17(12)2)11-6-10(20-3)4-5-13(11)21-9/h4-7,9H,8H2,1-3H3. The average molecular weight is 288 g/mol. The van der Waals surface area contributed by atoms with E-state index in [1.165, 1.54) is 10.9 Å². The van der Waals surface area contributed by atoms with E-state index in [9.17, 15) is 4.79 Å². The molecule has 21 heavy (non-hydrogen) atoms. The van der Waals surface area contributed by atoms with E-state index in [0.29, 0.717) is 29.4 Å². The van der Waals surface area contributed by atoms with Gasteiger partial charge in [0.25, 0.3) is 5.91 Å². The van der Waals surface area contributed by atoms with Crippen molar-refractivity contribution in [2.24, 2.45) is 7.05 Å². The Morgan fingerprint density at radius 2 is 2.29 bits per heavy atom. The second-order valence-corrected chi connectivity index (χ2v) is 4.92. The third-order valence-electron chi connectivity index (χ3n) is 3.40. The second kappa shape index (κ2) is 5.08. The van der Waals surface area contributed by atoms with Gasteiger partial charge in [0, 0.05) is 13.1 Å². The molecule has 1 aromatic carbocycles. The van der Waals surface area contributed by atoms with E-state index < -0.39 is 0 Å². The van der Waals surface area contributed by atoms with Crippen LogP contribution < -0.4 is 14.4 Å². The summed E-state index contributed by atoms with van der Waals surface area (Å²) in [6.45, 7) is 2.39. The highest BCUT2D eigenvalue weighted by molar-refractivity contribution is 6.06. The Balaban J connectivity index is 2.04. The zero-order chi connectivity index (χ0) is 15.0. The number of methoxy groups -OCH3 is 1. The Bertz CT molecular complexity index is 683. The number of carbonyl (C=O) groups excluding carboxylic acids is 1. The number of ether oxygens (including phenoxy) is 2. The molecule has 1 aliphatic rings. The molecule has 7 heteroatoms. The van der Waals surface area contributed by atoms with Crippen LogP contribution in [-0.2, 0) is 7.05 Å². The molecule has 1 atom stereocenters. The summed E-state index contributed by atoms with van der Waals surface area (Å²) in [5.41, 5.74) is 1.12. The number of fused-ring (bicyclic) bond motifs is 1. The first kappa shape index (κ1) is 13.4. The van der Waals surface area contributed by atoms with Gasteiger partial charge in [-0.05, 0) is 19.1 Å². The van der Waals surface area contributed by atoms with Gasteiger partial charge in [-0.15, -0.1) is 5.10 Å². The lowest BCUT2D eigenvalue weighted by atomic mass is 10.1. The maximum atomic E-state index is 12.7.